The maximum Gasteiger partial charge on any atom is 0.182 e. The van der Waals surface area contributed by atoms with E-state index in [2.05, 4.69) is 22.2 Å². The Kier molecular flexibility index (Phi) is 6.82. The van der Waals surface area contributed by atoms with E-state index in [4.69, 9.17) is 0 Å². The Balaban J connectivity index is 2.18. The quantitative estimate of drug-likeness (QED) is 0.485. The molecular formula is C22H23F2N3O. The lowest BCUT2D eigenvalue weighted by Gasteiger charge is -2.11. The van der Waals surface area contributed by atoms with E-state index < -0.39 is 11.6 Å². The number of hydrogen-bond acceptors (Lipinski definition) is 4. The van der Waals surface area contributed by atoms with E-state index in [1.807, 2.05) is 13.0 Å². The van der Waals surface area contributed by atoms with E-state index in [1.165, 1.54) is 25.4 Å². The Hall–Kier alpha value is -3.28. The monoisotopic (exact) mass is 383 g/mol. The number of rotatable bonds is 7. The molecule has 0 bridgehead atoms. The molecular weight excluding hydrogens is 360 g/mol. The maximum atomic E-state index is 14.2. The predicted octanol–water partition coefficient (Wildman–Crippen LogP) is 5.57. The Labute approximate surface area is 163 Å². The first-order chi connectivity index (χ1) is 13.3. The number of aliphatic imine (C=N–C) groups is 1. The van der Waals surface area contributed by atoms with Crippen molar-refractivity contribution in [1.82, 2.24) is 0 Å². The predicted molar refractivity (Wildman–Crippen MR) is 112 cm³/mol. The molecule has 0 aliphatic carbocycles. The summed E-state index contributed by atoms with van der Waals surface area (Å²) in [5.41, 5.74) is 4.12. The highest BCUT2D eigenvalue weighted by molar-refractivity contribution is 6.00. The molecule has 0 saturated heterocycles. The van der Waals surface area contributed by atoms with Crippen LogP contribution in [0.3, 0.4) is 0 Å². The molecule has 2 aromatic rings. The van der Waals surface area contributed by atoms with Gasteiger partial charge in [-0.15, -0.1) is 0 Å². The van der Waals surface area contributed by atoms with Gasteiger partial charge in [-0.3, -0.25) is 9.79 Å². The van der Waals surface area contributed by atoms with Crippen LogP contribution in [0.4, 0.5) is 20.2 Å². The third-order valence-electron chi connectivity index (χ3n) is 4.36. The van der Waals surface area contributed by atoms with Crippen molar-refractivity contribution in [2.24, 2.45) is 4.99 Å². The van der Waals surface area contributed by atoms with Crippen molar-refractivity contribution >= 4 is 28.9 Å². The smallest absolute Gasteiger partial charge is 0.182 e. The highest BCUT2D eigenvalue weighted by Crippen LogP contribution is 2.25. The van der Waals surface area contributed by atoms with Gasteiger partial charge >= 0.3 is 0 Å². The molecule has 2 rings (SSSR count). The molecule has 0 aliphatic rings. The van der Waals surface area contributed by atoms with Crippen LogP contribution >= 0.6 is 0 Å². The number of hydrogen-bond donors (Lipinski definition) is 2. The fourth-order valence-corrected chi connectivity index (χ4v) is 2.54. The zero-order valence-electron chi connectivity index (χ0n) is 16.4. The standard InChI is InChI=1S/C22H23F2N3O/c1-13-10-18(7-6-17(13)12-28)27-16(4)15(3)26-11-14(2)19-8-9-20(25-5)22(24)21(19)23/h6-12,25,27H,4H2,1-3,5H3/b14-11+,26-15?. The first kappa shape index (κ1) is 21.0. The molecule has 2 N–H and O–H groups in total. The lowest BCUT2D eigenvalue weighted by atomic mass is 10.1. The van der Waals surface area contributed by atoms with Gasteiger partial charge in [0.05, 0.1) is 17.1 Å². The zero-order chi connectivity index (χ0) is 20.8. The van der Waals surface area contributed by atoms with E-state index in [9.17, 15) is 13.6 Å². The minimum Gasteiger partial charge on any atom is -0.386 e. The van der Waals surface area contributed by atoms with Gasteiger partial charge in [0.1, 0.15) is 6.29 Å². The summed E-state index contributed by atoms with van der Waals surface area (Å²) in [4.78, 5) is 15.2. The van der Waals surface area contributed by atoms with E-state index in [1.54, 1.807) is 26.0 Å². The molecule has 2 aromatic carbocycles. The van der Waals surface area contributed by atoms with Gasteiger partial charge in [0, 0.05) is 30.1 Å². The van der Waals surface area contributed by atoms with Gasteiger partial charge in [0.15, 0.2) is 11.6 Å². The molecule has 4 nitrogen and oxygen atoms in total. The van der Waals surface area contributed by atoms with Crippen LogP contribution in [0.5, 0.6) is 0 Å². The average Bonchev–Trinajstić information content (AvgIpc) is 2.68. The number of allylic oxidation sites excluding steroid dienone is 2. The second-order valence-electron chi connectivity index (χ2n) is 6.36. The van der Waals surface area contributed by atoms with E-state index in [-0.39, 0.29) is 11.3 Å². The summed E-state index contributed by atoms with van der Waals surface area (Å²) in [6.45, 7) is 9.20. The van der Waals surface area contributed by atoms with E-state index in [0.29, 0.717) is 22.5 Å². The number of nitrogens with one attached hydrogen (secondary N) is 2. The maximum absolute atomic E-state index is 14.2. The third-order valence-corrected chi connectivity index (χ3v) is 4.36. The van der Waals surface area contributed by atoms with Crippen LogP contribution in [0.15, 0.2) is 53.8 Å². The number of halogens is 2. The van der Waals surface area contributed by atoms with E-state index >= 15 is 0 Å². The number of carbonyl (C=O) groups excluding carboxylic acids is 1. The van der Waals surface area contributed by atoms with Crippen molar-refractivity contribution in [1.29, 1.82) is 0 Å². The number of nitrogens with zero attached hydrogens (tertiary/aromatic N) is 1. The van der Waals surface area contributed by atoms with Crippen molar-refractivity contribution in [3.8, 4) is 0 Å². The molecule has 0 fully saturated rings. The highest BCUT2D eigenvalue weighted by atomic mass is 19.2. The summed E-state index contributed by atoms with van der Waals surface area (Å²) >= 11 is 0. The molecule has 28 heavy (non-hydrogen) atoms. The second kappa shape index (κ2) is 9.08. The lowest BCUT2D eigenvalue weighted by Crippen LogP contribution is -2.07. The molecule has 0 spiro atoms. The molecule has 6 heteroatoms. The molecule has 0 radical (unpaired) electrons. The van der Waals surface area contributed by atoms with Crippen molar-refractivity contribution in [3.05, 3.63) is 77.1 Å². The molecule has 0 amide bonds. The van der Waals surface area contributed by atoms with Crippen molar-refractivity contribution in [3.63, 3.8) is 0 Å². The van der Waals surface area contributed by atoms with Crippen LogP contribution in [0, 0.1) is 18.6 Å². The van der Waals surface area contributed by atoms with Gasteiger partial charge in [0.25, 0.3) is 0 Å². The number of aryl methyl sites for hydroxylation is 1. The topological polar surface area (TPSA) is 53.5 Å². The minimum atomic E-state index is -0.923. The molecule has 0 unspecified atom stereocenters. The van der Waals surface area contributed by atoms with Crippen LogP contribution in [0.1, 0.15) is 35.3 Å². The molecule has 0 saturated carbocycles. The number of carbonyl (C=O) groups is 1. The Morgan fingerprint density at radius 3 is 2.46 bits per heavy atom. The summed E-state index contributed by atoms with van der Waals surface area (Å²) in [5, 5.41) is 5.72. The van der Waals surface area contributed by atoms with Gasteiger partial charge in [-0.1, -0.05) is 6.58 Å². The summed E-state index contributed by atoms with van der Waals surface area (Å²) in [6.07, 6.45) is 2.28. The molecule has 0 aromatic heterocycles. The highest BCUT2D eigenvalue weighted by Gasteiger charge is 2.13. The van der Waals surface area contributed by atoms with Gasteiger partial charge in [0.2, 0.25) is 0 Å². The first-order valence-electron chi connectivity index (χ1n) is 8.68. The SMILES string of the molecule is C=C(Nc1ccc(C=O)c(C)c1)C(C)=N/C=C(\C)c1ccc(NC)c(F)c1F. The van der Waals surface area contributed by atoms with Gasteiger partial charge in [-0.2, -0.15) is 0 Å². The summed E-state index contributed by atoms with van der Waals surface area (Å²) in [5.74, 6) is -1.84. The second-order valence-corrected chi connectivity index (χ2v) is 6.36. The molecule has 146 valence electrons. The fourth-order valence-electron chi connectivity index (χ4n) is 2.54. The normalized spacial score (nSPS) is 11.9. The molecule has 0 atom stereocenters. The Bertz CT molecular complexity index is 978. The number of aldehydes is 1. The van der Waals surface area contributed by atoms with Crippen LogP contribution < -0.4 is 10.6 Å². The first-order valence-corrected chi connectivity index (χ1v) is 8.68. The van der Waals surface area contributed by atoms with Crippen LogP contribution in [-0.2, 0) is 0 Å². The van der Waals surface area contributed by atoms with Crippen LogP contribution in [-0.4, -0.2) is 19.0 Å². The van der Waals surface area contributed by atoms with Crippen LogP contribution in [0.2, 0.25) is 0 Å². The molecule has 0 aliphatic heterocycles. The van der Waals surface area contributed by atoms with Gasteiger partial charge < -0.3 is 10.6 Å². The van der Waals surface area contributed by atoms with Crippen molar-refractivity contribution in [2.45, 2.75) is 20.8 Å². The average molecular weight is 383 g/mol. The lowest BCUT2D eigenvalue weighted by molar-refractivity contribution is 0.112. The van der Waals surface area contributed by atoms with Crippen LogP contribution in [0.25, 0.3) is 5.57 Å². The number of benzene rings is 2. The summed E-state index contributed by atoms with van der Waals surface area (Å²) in [6, 6.07) is 8.32. The minimum absolute atomic E-state index is 0.0993. The molecule has 0 heterocycles. The van der Waals surface area contributed by atoms with Gasteiger partial charge in [-0.05, 0) is 62.2 Å². The third kappa shape index (κ3) is 4.71. The number of anilines is 2. The zero-order valence-corrected chi connectivity index (χ0v) is 16.4. The summed E-state index contributed by atoms with van der Waals surface area (Å²) < 4.78 is 28.1. The summed E-state index contributed by atoms with van der Waals surface area (Å²) in [7, 11) is 1.53. The Morgan fingerprint density at radius 2 is 1.86 bits per heavy atom. The van der Waals surface area contributed by atoms with Gasteiger partial charge in [-0.25, -0.2) is 8.78 Å². The largest absolute Gasteiger partial charge is 0.386 e. The van der Waals surface area contributed by atoms with Crippen molar-refractivity contribution in [2.75, 3.05) is 17.7 Å². The Morgan fingerprint density at radius 1 is 1.14 bits per heavy atom. The van der Waals surface area contributed by atoms with Crippen molar-refractivity contribution < 1.29 is 13.6 Å². The van der Waals surface area contributed by atoms with E-state index in [0.717, 1.165) is 17.5 Å². The fraction of sp³-hybridized carbons (Fsp3) is 0.182.